The molecule has 1 aromatic rings. The van der Waals surface area contributed by atoms with Crippen molar-refractivity contribution >= 4 is 17.2 Å². The third kappa shape index (κ3) is 5.88. The molecule has 0 unspecified atom stereocenters. The van der Waals surface area contributed by atoms with Gasteiger partial charge in [0.05, 0.1) is 6.54 Å². The summed E-state index contributed by atoms with van der Waals surface area (Å²) in [5.41, 5.74) is 0. The van der Waals surface area contributed by atoms with Crippen LogP contribution in [0.25, 0.3) is 0 Å². The van der Waals surface area contributed by atoms with Gasteiger partial charge in [-0.2, -0.15) is 0 Å². The van der Waals surface area contributed by atoms with Gasteiger partial charge < -0.3 is 10.6 Å². The molecule has 0 fully saturated rings. The lowest BCUT2D eigenvalue weighted by Gasteiger charge is -2.05. The molecule has 0 radical (unpaired) electrons. The summed E-state index contributed by atoms with van der Waals surface area (Å²) in [6.07, 6.45) is 3.17. The van der Waals surface area contributed by atoms with E-state index in [1.54, 1.807) is 11.3 Å². The van der Waals surface area contributed by atoms with Crippen LogP contribution < -0.4 is 10.6 Å². The molecule has 1 heterocycles. The molecule has 0 atom stereocenters. The molecule has 2 N–H and O–H groups in total. The van der Waals surface area contributed by atoms with Crippen LogP contribution in [0.1, 0.15) is 24.6 Å². The molecule has 0 aliphatic heterocycles. The number of nitrogens with one attached hydrogen (secondary N) is 2. The number of carbonyl (C=O) groups excluding carboxylic acids is 1. The summed E-state index contributed by atoms with van der Waals surface area (Å²) in [4.78, 5) is 12.7. The third-order valence-corrected chi connectivity index (χ3v) is 3.20. The maximum absolute atomic E-state index is 11.3. The summed E-state index contributed by atoms with van der Waals surface area (Å²) in [5.74, 6) is 0.0969. The number of carbonyl (C=O) groups is 1. The number of rotatable bonds is 8. The average Bonchev–Trinajstić information content (AvgIpc) is 2.78. The first-order valence-corrected chi connectivity index (χ1v) is 6.70. The first kappa shape index (κ1) is 13.2. The molecule has 0 saturated carbocycles. The molecule has 0 aliphatic carbocycles. The van der Waals surface area contributed by atoms with Crippen molar-refractivity contribution in [1.29, 1.82) is 0 Å². The average molecular weight is 240 g/mol. The highest BCUT2D eigenvalue weighted by Crippen LogP contribution is 2.07. The molecular formula is C12H20N2OS. The highest BCUT2D eigenvalue weighted by molar-refractivity contribution is 7.09. The van der Waals surface area contributed by atoms with Crippen LogP contribution >= 0.6 is 11.3 Å². The van der Waals surface area contributed by atoms with Crippen molar-refractivity contribution in [3.8, 4) is 0 Å². The van der Waals surface area contributed by atoms with E-state index in [0.29, 0.717) is 6.54 Å². The van der Waals surface area contributed by atoms with Gasteiger partial charge in [0, 0.05) is 18.0 Å². The lowest BCUT2D eigenvalue weighted by atomic mass is 10.3. The molecular weight excluding hydrogens is 220 g/mol. The molecule has 0 bridgehead atoms. The molecule has 1 aromatic heterocycles. The fourth-order valence-electron chi connectivity index (χ4n) is 1.34. The third-order valence-electron chi connectivity index (χ3n) is 2.27. The Morgan fingerprint density at radius 2 is 2.31 bits per heavy atom. The van der Waals surface area contributed by atoms with Gasteiger partial charge in [0.25, 0.3) is 0 Å². The van der Waals surface area contributed by atoms with Gasteiger partial charge in [0.2, 0.25) is 5.91 Å². The first-order valence-electron chi connectivity index (χ1n) is 5.82. The Kier molecular flexibility index (Phi) is 6.85. The Hall–Kier alpha value is -0.870. The van der Waals surface area contributed by atoms with Crippen LogP contribution in [0.2, 0.25) is 0 Å². The van der Waals surface area contributed by atoms with E-state index in [9.17, 15) is 4.79 Å². The van der Waals surface area contributed by atoms with Gasteiger partial charge in [0.1, 0.15) is 0 Å². The summed E-state index contributed by atoms with van der Waals surface area (Å²) in [5, 5.41) is 8.10. The molecule has 0 saturated heterocycles. The molecule has 4 heteroatoms. The Morgan fingerprint density at radius 3 is 3.00 bits per heavy atom. The van der Waals surface area contributed by atoms with E-state index in [1.807, 2.05) is 0 Å². The van der Waals surface area contributed by atoms with Gasteiger partial charge in [-0.15, -0.1) is 11.3 Å². The predicted octanol–water partition coefficient (Wildman–Crippen LogP) is 1.80. The van der Waals surface area contributed by atoms with Crippen LogP contribution in [0.3, 0.4) is 0 Å². The van der Waals surface area contributed by atoms with Gasteiger partial charge in [-0.3, -0.25) is 4.79 Å². The summed E-state index contributed by atoms with van der Waals surface area (Å²) in [6, 6.07) is 4.17. The van der Waals surface area contributed by atoms with Crippen molar-refractivity contribution in [1.82, 2.24) is 10.6 Å². The highest BCUT2D eigenvalue weighted by Gasteiger charge is 1.99. The topological polar surface area (TPSA) is 41.1 Å². The monoisotopic (exact) mass is 240 g/mol. The largest absolute Gasteiger partial charge is 0.355 e. The maximum atomic E-state index is 11.3. The molecule has 1 amide bonds. The van der Waals surface area contributed by atoms with E-state index in [4.69, 9.17) is 0 Å². The smallest absolute Gasteiger partial charge is 0.233 e. The van der Waals surface area contributed by atoms with Crippen molar-refractivity contribution in [2.45, 2.75) is 26.2 Å². The molecule has 1 rings (SSSR count). The number of hydrogen-bond donors (Lipinski definition) is 2. The minimum Gasteiger partial charge on any atom is -0.355 e. The minimum absolute atomic E-state index is 0.0969. The SMILES string of the molecule is CCCCNC(=O)CNCCc1cccs1. The second kappa shape index (κ2) is 8.30. The zero-order valence-corrected chi connectivity index (χ0v) is 10.6. The molecule has 90 valence electrons. The lowest BCUT2D eigenvalue weighted by molar-refractivity contribution is -0.120. The van der Waals surface area contributed by atoms with E-state index < -0.39 is 0 Å². The molecule has 0 aliphatic rings. The van der Waals surface area contributed by atoms with Crippen LogP contribution in [-0.2, 0) is 11.2 Å². The summed E-state index contributed by atoms with van der Waals surface area (Å²) >= 11 is 1.76. The Bertz CT molecular complexity index is 285. The fraction of sp³-hybridized carbons (Fsp3) is 0.583. The summed E-state index contributed by atoms with van der Waals surface area (Å²) < 4.78 is 0. The molecule has 3 nitrogen and oxygen atoms in total. The molecule has 16 heavy (non-hydrogen) atoms. The van der Waals surface area contributed by atoms with Crippen LogP contribution in [0.5, 0.6) is 0 Å². The normalized spacial score (nSPS) is 10.3. The highest BCUT2D eigenvalue weighted by atomic mass is 32.1. The van der Waals surface area contributed by atoms with Crippen molar-refractivity contribution in [3.63, 3.8) is 0 Å². The van der Waals surface area contributed by atoms with Crippen molar-refractivity contribution in [2.75, 3.05) is 19.6 Å². The summed E-state index contributed by atoms with van der Waals surface area (Å²) in [7, 11) is 0. The fourth-order valence-corrected chi connectivity index (χ4v) is 2.04. The minimum atomic E-state index is 0.0969. The zero-order valence-electron chi connectivity index (χ0n) is 9.79. The number of hydrogen-bond acceptors (Lipinski definition) is 3. The van der Waals surface area contributed by atoms with Gasteiger partial charge >= 0.3 is 0 Å². The van der Waals surface area contributed by atoms with Crippen LogP contribution in [0.15, 0.2) is 17.5 Å². The van der Waals surface area contributed by atoms with Gasteiger partial charge in [-0.1, -0.05) is 19.4 Å². The summed E-state index contributed by atoms with van der Waals surface area (Å²) in [6.45, 7) is 4.20. The van der Waals surface area contributed by atoms with Crippen molar-refractivity contribution < 1.29 is 4.79 Å². The first-order chi connectivity index (χ1) is 7.83. The van der Waals surface area contributed by atoms with Crippen LogP contribution in [0.4, 0.5) is 0 Å². The van der Waals surface area contributed by atoms with Crippen molar-refractivity contribution in [3.05, 3.63) is 22.4 Å². The van der Waals surface area contributed by atoms with Gasteiger partial charge in [-0.05, 0) is 24.3 Å². The number of unbranched alkanes of at least 4 members (excludes halogenated alkanes) is 1. The lowest BCUT2D eigenvalue weighted by Crippen LogP contribution is -2.35. The Morgan fingerprint density at radius 1 is 1.44 bits per heavy atom. The molecule has 0 aromatic carbocycles. The maximum Gasteiger partial charge on any atom is 0.233 e. The van der Waals surface area contributed by atoms with E-state index in [1.165, 1.54) is 4.88 Å². The Labute approximate surface area is 101 Å². The van der Waals surface area contributed by atoms with Crippen LogP contribution in [0, 0.1) is 0 Å². The van der Waals surface area contributed by atoms with E-state index in [-0.39, 0.29) is 5.91 Å². The number of thiophene rings is 1. The zero-order chi connectivity index (χ0) is 11.6. The van der Waals surface area contributed by atoms with Gasteiger partial charge in [0.15, 0.2) is 0 Å². The predicted molar refractivity (Wildman–Crippen MR) is 68.8 cm³/mol. The van der Waals surface area contributed by atoms with E-state index in [2.05, 4.69) is 35.1 Å². The number of amides is 1. The quantitative estimate of drug-likeness (QED) is 0.680. The van der Waals surface area contributed by atoms with E-state index >= 15 is 0 Å². The van der Waals surface area contributed by atoms with Crippen LogP contribution in [-0.4, -0.2) is 25.5 Å². The Balaban J connectivity index is 1.96. The van der Waals surface area contributed by atoms with E-state index in [0.717, 1.165) is 32.4 Å². The second-order valence-corrected chi connectivity index (χ2v) is 4.74. The van der Waals surface area contributed by atoms with Crippen molar-refractivity contribution in [2.24, 2.45) is 0 Å². The molecule has 0 spiro atoms. The van der Waals surface area contributed by atoms with Gasteiger partial charge in [-0.25, -0.2) is 0 Å². The second-order valence-electron chi connectivity index (χ2n) is 3.71. The standard InChI is InChI=1S/C12H20N2OS/c1-2-3-7-14-12(15)10-13-8-6-11-5-4-9-16-11/h4-5,9,13H,2-3,6-8,10H2,1H3,(H,14,15).